The van der Waals surface area contributed by atoms with Crippen LogP contribution in [0.25, 0.3) is 0 Å². The number of halogens is 4. The first-order chi connectivity index (χ1) is 12.0. The van der Waals surface area contributed by atoms with Crippen molar-refractivity contribution in [2.75, 3.05) is 26.2 Å². The Labute approximate surface area is 159 Å². The van der Waals surface area contributed by atoms with Gasteiger partial charge in [-0.25, -0.2) is 9.07 Å². The van der Waals surface area contributed by atoms with Crippen LogP contribution in [0.2, 0.25) is 15.1 Å². The summed E-state index contributed by atoms with van der Waals surface area (Å²) in [5.41, 5.74) is 0.106. The van der Waals surface area contributed by atoms with E-state index >= 15 is 0 Å². The molecule has 0 atom stereocenters. The zero-order chi connectivity index (χ0) is 18.0. The van der Waals surface area contributed by atoms with Crippen molar-refractivity contribution < 1.29 is 4.39 Å². The number of aromatic nitrogens is 2. The molecule has 3 rings (SSSR count). The van der Waals surface area contributed by atoms with E-state index in [2.05, 4.69) is 14.9 Å². The molecule has 1 saturated heterocycles. The second-order valence-corrected chi connectivity index (χ2v) is 7.04. The van der Waals surface area contributed by atoms with Crippen molar-refractivity contribution in [3.8, 4) is 0 Å². The Morgan fingerprint density at radius 2 is 1.72 bits per heavy atom. The first-order valence-electron chi connectivity index (χ1n) is 7.74. The van der Waals surface area contributed by atoms with Crippen LogP contribution >= 0.6 is 34.8 Å². The average molecular weight is 406 g/mol. The minimum atomic E-state index is -0.408. The van der Waals surface area contributed by atoms with E-state index < -0.39 is 5.56 Å². The average Bonchev–Trinajstić information content (AvgIpc) is 2.60. The van der Waals surface area contributed by atoms with Crippen LogP contribution < -0.4 is 5.56 Å². The molecule has 1 aromatic carbocycles. The highest BCUT2D eigenvalue weighted by Crippen LogP contribution is 2.21. The Balaban J connectivity index is 1.59. The minimum Gasteiger partial charge on any atom is -0.296 e. The third-order valence-corrected chi connectivity index (χ3v) is 5.29. The van der Waals surface area contributed by atoms with Crippen molar-refractivity contribution in [1.29, 1.82) is 0 Å². The van der Waals surface area contributed by atoms with E-state index in [4.69, 9.17) is 34.8 Å². The molecule has 2 heterocycles. The molecule has 0 spiro atoms. The second-order valence-electron chi connectivity index (χ2n) is 5.85. The number of benzene rings is 1. The van der Waals surface area contributed by atoms with Gasteiger partial charge in [-0.1, -0.05) is 40.9 Å². The summed E-state index contributed by atoms with van der Waals surface area (Å²) in [7, 11) is 0. The Hall–Kier alpha value is -1.18. The molecule has 0 aliphatic carbocycles. The molecule has 134 valence electrons. The van der Waals surface area contributed by atoms with Gasteiger partial charge in [0.15, 0.2) is 0 Å². The topological polar surface area (TPSA) is 41.4 Å². The summed E-state index contributed by atoms with van der Waals surface area (Å²) in [6.07, 6.45) is 1.36. The maximum Gasteiger partial charge on any atom is 0.288 e. The highest BCUT2D eigenvalue weighted by Gasteiger charge is 2.20. The fourth-order valence-corrected chi connectivity index (χ4v) is 3.22. The van der Waals surface area contributed by atoms with Crippen LogP contribution in [0.1, 0.15) is 5.56 Å². The molecular weight excluding hydrogens is 390 g/mol. The lowest BCUT2D eigenvalue weighted by Gasteiger charge is -2.34. The van der Waals surface area contributed by atoms with Crippen molar-refractivity contribution in [3.05, 3.63) is 61.2 Å². The van der Waals surface area contributed by atoms with Crippen LogP contribution in [0.15, 0.2) is 29.2 Å². The van der Waals surface area contributed by atoms with E-state index in [9.17, 15) is 9.18 Å². The predicted molar refractivity (Wildman–Crippen MR) is 96.8 cm³/mol. The molecule has 0 amide bonds. The Kier molecular flexibility index (Phi) is 5.96. The minimum absolute atomic E-state index is 0.0236. The van der Waals surface area contributed by atoms with Crippen LogP contribution in [0.5, 0.6) is 0 Å². The Bertz CT molecular complexity index is 801. The van der Waals surface area contributed by atoms with E-state index in [1.807, 2.05) is 0 Å². The summed E-state index contributed by atoms with van der Waals surface area (Å²) in [6.45, 7) is 3.72. The van der Waals surface area contributed by atoms with Gasteiger partial charge in [-0.05, 0) is 12.1 Å². The van der Waals surface area contributed by atoms with Crippen LogP contribution in [-0.2, 0) is 13.2 Å². The van der Waals surface area contributed by atoms with Crippen molar-refractivity contribution in [2.24, 2.45) is 0 Å². The number of rotatable bonds is 4. The summed E-state index contributed by atoms with van der Waals surface area (Å²) in [6, 6.07) is 4.71. The van der Waals surface area contributed by atoms with E-state index in [0.717, 1.165) is 26.2 Å². The molecule has 2 aromatic rings. The molecule has 1 aliphatic rings. The van der Waals surface area contributed by atoms with Gasteiger partial charge in [-0.2, -0.15) is 5.10 Å². The summed E-state index contributed by atoms with van der Waals surface area (Å²) in [4.78, 5) is 16.2. The zero-order valence-electron chi connectivity index (χ0n) is 13.3. The SMILES string of the molecule is O=c1c(Cl)c(Cl)cnn1CN1CCN(Cc2c(F)cccc2Cl)CC1. The first kappa shape index (κ1) is 18.6. The van der Waals surface area contributed by atoms with Crippen molar-refractivity contribution in [2.45, 2.75) is 13.2 Å². The number of piperazine rings is 1. The highest BCUT2D eigenvalue weighted by molar-refractivity contribution is 6.41. The fraction of sp³-hybridized carbons (Fsp3) is 0.375. The quantitative estimate of drug-likeness (QED) is 0.784. The molecule has 9 heteroatoms. The van der Waals surface area contributed by atoms with Gasteiger partial charge in [0.05, 0.1) is 17.9 Å². The maximum atomic E-state index is 13.9. The van der Waals surface area contributed by atoms with Gasteiger partial charge in [-0.15, -0.1) is 0 Å². The zero-order valence-corrected chi connectivity index (χ0v) is 15.5. The first-order valence-corrected chi connectivity index (χ1v) is 8.88. The van der Waals surface area contributed by atoms with Crippen molar-refractivity contribution >= 4 is 34.8 Å². The van der Waals surface area contributed by atoms with E-state index in [-0.39, 0.29) is 15.9 Å². The van der Waals surface area contributed by atoms with Crippen LogP contribution in [0, 0.1) is 5.82 Å². The fourth-order valence-electron chi connectivity index (χ4n) is 2.73. The Morgan fingerprint density at radius 3 is 2.40 bits per heavy atom. The summed E-state index contributed by atoms with van der Waals surface area (Å²) in [5.74, 6) is -0.290. The summed E-state index contributed by atoms with van der Waals surface area (Å²) >= 11 is 17.7. The normalized spacial score (nSPS) is 16.3. The Morgan fingerprint density at radius 1 is 1.04 bits per heavy atom. The molecule has 1 aliphatic heterocycles. The second kappa shape index (κ2) is 8.01. The van der Waals surface area contributed by atoms with E-state index in [0.29, 0.717) is 23.8 Å². The number of hydrogen-bond donors (Lipinski definition) is 0. The van der Waals surface area contributed by atoms with E-state index in [1.54, 1.807) is 12.1 Å². The lowest BCUT2D eigenvalue weighted by Crippen LogP contribution is -2.47. The van der Waals surface area contributed by atoms with Gasteiger partial charge in [0.2, 0.25) is 0 Å². The molecule has 0 N–H and O–H groups in total. The number of nitrogens with zero attached hydrogens (tertiary/aromatic N) is 4. The smallest absolute Gasteiger partial charge is 0.288 e. The van der Waals surface area contributed by atoms with Gasteiger partial charge in [-0.3, -0.25) is 14.6 Å². The highest BCUT2D eigenvalue weighted by atomic mass is 35.5. The van der Waals surface area contributed by atoms with Gasteiger partial charge in [0.25, 0.3) is 5.56 Å². The molecule has 0 radical (unpaired) electrons. The van der Waals surface area contributed by atoms with Crippen molar-refractivity contribution in [1.82, 2.24) is 19.6 Å². The van der Waals surface area contributed by atoms with Crippen LogP contribution in [0.4, 0.5) is 4.39 Å². The van der Waals surface area contributed by atoms with Gasteiger partial charge < -0.3 is 0 Å². The molecule has 5 nitrogen and oxygen atoms in total. The van der Waals surface area contributed by atoms with E-state index in [1.165, 1.54) is 16.9 Å². The molecule has 0 saturated carbocycles. The molecule has 0 unspecified atom stereocenters. The lowest BCUT2D eigenvalue weighted by molar-refractivity contribution is 0.0963. The van der Waals surface area contributed by atoms with Crippen molar-refractivity contribution in [3.63, 3.8) is 0 Å². The standard InChI is InChI=1S/C16H16Cl3FN4O/c17-12-2-1-3-14(20)11(12)9-22-4-6-23(7-5-22)10-24-16(25)15(19)13(18)8-21-24/h1-3,8H,4-7,9-10H2. The van der Waals surface area contributed by atoms with Gasteiger partial charge in [0, 0.05) is 43.3 Å². The summed E-state index contributed by atoms with van der Waals surface area (Å²) in [5, 5.41) is 4.57. The van der Waals surface area contributed by atoms with Gasteiger partial charge in [0.1, 0.15) is 10.8 Å². The van der Waals surface area contributed by atoms with Gasteiger partial charge >= 0.3 is 0 Å². The van der Waals surface area contributed by atoms with Crippen LogP contribution in [-0.4, -0.2) is 45.8 Å². The maximum absolute atomic E-state index is 13.9. The molecular formula is C16H16Cl3FN4O. The monoisotopic (exact) mass is 404 g/mol. The third kappa shape index (κ3) is 4.33. The molecule has 1 aromatic heterocycles. The molecule has 25 heavy (non-hydrogen) atoms. The number of hydrogen-bond acceptors (Lipinski definition) is 4. The predicted octanol–water partition coefficient (Wildman–Crippen LogP) is 3.12. The lowest BCUT2D eigenvalue weighted by atomic mass is 10.2. The molecule has 1 fully saturated rings. The molecule has 0 bridgehead atoms. The summed E-state index contributed by atoms with van der Waals surface area (Å²) < 4.78 is 15.2. The third-order valence-electron chi connectivity index (χ3n) is 4.18. The van der Waals surface area contributed by atoms with Crippen LogP contribution in [0.3, 0.4) is 0 Å². The largest absolute Gasteiger partial charge is 0.296 e.